The minimum atomic E-state index is -2.51. The number of aromatic nitrogens is 2. The summed E-state index contributed by atoms with van der Waals surface area (Å²) in [6.07, 6.45) is 2.39. The average Bonchev–Trinajstić information content (AvgIpc) is 4.08. The standard InChI is InChI=1S/C47H20N6O8S2/c48-17-25-11-29-30(12-26(25)18-49)38(55)33(37(29)54)15-35-52-43-41(62-35)42-44(53-36(63-42)16-34-39(56)31-13-27(19-50)28(20-51)14-32(31)40(34)57)47(43,45(58)60-21-23-7-3-1-4-8-23)46(59)61-22-24-9-5-2-6-10-24/h1-16H,21-22H2. The molecule has 0 saturated carbocycles. The molecule has 0 fully saturated rings. The third-order valence-electron chi connectivity index (χ3n) is 10.5. The first-order chi connectivity index (χ1) is 30.5. The van der Waals surface area contributed by atoms with Crippen molar-refractivity contribution in [3.05, 3.63) is 173 Å². The molecule has 3 aliphatic rings. The number of ether oxygens (including phenoxy) is 2. The van der Waals surface area contributed by atoms with Crippen LogP contribution in [-0.2, 0) is 37.7 Å². The van der Waals surface area contributed by atoms with E-state index in [2.05, 4.69) is 9.97 Å². The van der Waals surface area contributed by atoms with Gasteiger partial charge in [0.2, 0.25) is 0 Å². The number of hydrogen-bond donors (Lipinski definition) is 0. The van der Waals surface area contributed by atoms with Crippen LogP contribution in [-0.4, -0.2) is 45.0 Å². The number of fused-ring (bicyclic) bond motifs is 5. The highest BCUT2D eigenvalue weighted by molar-refractivity contribution is 7.23. The van der Waals surface area contributed by atoms with Crippen LogP contribution < -0.4 is 0 Å². The van der Waals surface area contributed by atoms with Crippen molar-refractivity contribution >= 4 is 69.9 Å². The summed E-state index contributed by atoms with van der Waals surface area (Å²) in [6.45, 7) is -0.569. The highest BCUT2D eigenvalue weighted by Gasteiger charge is 2.63. The predicted octanol–water partition coefficient (Wildman–Crippen LogP) is 6.76. The molecule has 0 N–H and O–H groups in total. The molecule has 63 heavy (non-hydrogen) atoms. The largest absolute Gasteiger partial charge is 0.459 e. The third-order valence-corrected chi connectivity index (χ3v) is 12.7. The van der Waals surface area contributed by atoms with Crippen LogP contribution in [0.25, 0.3) is 21.9 Å². The molecule has 0 aliphatic heterocycles. The maximum atomic E-state index is 14.8. The van der Waals surface area contributed by atoms with Gasteiger partial charge in [-0.2, -0.15) is 21.0 Å². The second kappa shape index (κ2) is 15.3. The molecule has 2 heterocycles. The monoisotopic (exact) mass is 860 g/mol. The number of benzene rings is 4. The molecule has 2 aromatic heterocycles. The molecule has 298 valence electrons. The summed E-state index contributed by atoms with van der Waals surface area (Å²) >= 11 is 1.83. The number of allylic oxidation sites excluding steroid dienone is 2. The number of carbonyl (C=O) groups is 6. The molecule has 0 amide bonds. The summed E-state index contributed by atoms with van der Waals surface area (Å²) in [5, 5.41) is 38.2. The van der Waals surface area contributed by atoms with Gasteiger partial charge in [-0.15, -0.1) is 22.7 Å². The van der Waals surface area contributed by atoms with Gasteiger partial charge in [0.15, 0.2) is 23.1 Å². The van der Waals surface area contributed by atoms with Crippen LogP contribution in [0.1, 0.15) is 96.2 Å². The molecule has 0 unspecified atom stereocenters. The van der Waals surface area contributed by atoms with Gasteiger partial charge in [-0.1, -0.05) is 60.7 Å². The first kappa shape index (κ1) is 39.6. The number of nitriles is 4. The minimum Gasteiger partial charge on any atom is -0.459 e. The van der Waals surface area contributed by atoms with E-state index >= 15 is 0 Å². The van der Waals surface area contributed by atoms with Gasteiger partial charge in [-0.3, -0.25) is 19.2 Å². The minimum absolute atomic E-state index is 0.0127. The molecule has 0 radical (unpaired) electrons. The topological polar surface area (TPSA) is 242 Å². The Balaban J connectivity index is 1.20. The van der Waals surface area contributed by atoms with Gasteiger partial charge in [-0.25, -0.2) is 19.6 Å². The maximum absolute atomic E-state index is 14.8. The van der Waals surface area contributed by atoms with Crippen LogP contribution in [0.2, 0.25) is 0 Å². The molecule has 9 rings (SSSR count). The van der Waals surface area contributed by atoms with Crippen molar-refractivity contribution in [3.8, 4) is 34.0 Å². The van der Waals surface area contributed by atoms with E-state index in [1.807, 2.05) is 24.3 Å². The van der Waals surface area contributed by atoms with Gasteiger partial charge in [0, 0.05) is 22.3 Å². The van der Waals surface area contributed by atoms with E-state index < -0.39 is 40.5 Å². The van der Waals surface area contributed by atoms with E-state index in [1.165, 1.54) is 36.4 Å². The van der Waals surface area contributed by atoms with Crippen molar-refractivity contribution in [2.45, 2.75) is 18.6 Å². The molecular formula is C47H20N6O8S2. The van der Waals surface area contributed by atoms with Crippen LogP contribution in [0, 0.1) is 45.3 Å². The fraction of sp³-hybridized carbons (Fsp3) is 0.0638. The Morgan fingerprint density at radius 1 is 0.540 bits per heavy atom. The molecule has 0 bridgehead atoms. The van der Waals surface area contributed by atoms with E-state index in [4.69, 9.17) is 9.47 Å². The summed E-state index contributed by atoms with van der Waals surface area (Å²) in [4.78, 5) is 94.1. The van der Waals surface area contributed by atoms with Gasteiger partial charge in [0.05, 0.1) is 54.5 Å². The van der Waals surface area contributed by atoms with Crippen LogP contribution in [0.15, 0.2) is 96.1 Å². The molecule has 6 aromatic rings. The van der Waals surface area contributed by atoms with E-state index in [9.17, 15) is 49.8 Å². The number of hydrogen-bond acceptors (Lipinski definition) is 16. The summed E-state index contributed by atoms with van der Waals surface area (Å²) in [5.74, 6) is -5.17. The number of carbonyl (C=O) groups excluding carboxylic acids is 6. The normalized spacial score (nSPS) is 13.8. The van der Waals surface area contributed by atoms with E-state index in [0.29, 0.717) is 11.1 Å². The van der Waals surface area contributed by atoms with Crippen molar-refractivity contribution in [2.24, 2.45) is 0 Å². The zero-order valence-electron chi connectivity index (χ0n) is 31.9. The Hall–Kier alpha value is -8.80. The van der Waals surface area contributed by atoms with Crippen LogP contribution in [0.3, 0.4) is 0 Å². The van der Waals surface area contributed by atoms with Gasteiger partial charge >= 0.3 is 11.9 Å². The zero-order valence-corrected chi connectivity index (χ0v) is 33.6. The molecule has 16 heteroatoms. The second-order valence-electron chi connectivity index (χ2n) is 14.1. The van der Waals surface area contributed by atoms with Gasteiger partial charge in [0.1, 0.15) is 47.5 Å². The van der Waals surface area contributed by atoms with Crippen molar-refractivity contribution < 1.29 is 38.2 Å². The Morgan fingerprint density at radius 3 is 1.16 bits per heavy atom. The first-order valence-corrected chi connectivity index (χ1v) is 20.2. The SMILES string of the molecule is N#Cc1cc2c(cc1C#N)C(=O)C(=Cc1nc3c(s1)-c1sc(C=C4C(=O)c5cc(C#N)c(C#N)cc5C4=O)nc1C3(C(=O)OCc1ccccc1)C(=O)OCc1ccccc1)C2=O. The van der Waals surface area contributed by atoms with E-state index in [-0.39, 0.29) is 100 Å². The Labute approximate surface area is 363 Å². The van der Waals surface area contributed by atoms with Crippen LogP contribution in [0.4, 0.5) is 0 Å². The highest BCUT2D eigenvalue weighted by Crippen LogP contribution is 2.55. The lowest BCUT2D eigenvalue weighted by Crippen LogP contribution is -2.46. The molecule has 0 saturated heterocycles. The Morgan fingerprint density at radius 2 is 0.857 bits per heavy atom. The van der Waals surface area contributed by atoms with E-state index in [0.717, 1.165) is 22.7 Å². The Bertz CT molecular complexity index is 3020. The fourth-order valence-corrected chi connectivity index (χ4v) is 9.74. The zero-order chi connectivity index (χ0) is 44.2. The van der Waals surface area contributed by atoms with Gasteiger partial charge in [0.25, 0.3) is 5.41 Å². The lowest BCUT2D eigenvalue weighted by molar-refractivity contribution is -0.164. The quantitative estimate of drug-likeness (QED) is 0.0664. The van der Waals surface area contributed by atoms with Crippen molar-refractivity contribution in [3.63, 3.8) is 0 Å². The number of thiazole rings is 2. The summed E-state index contributed by atoms with van der Waals surface area (Å²) in [6, 6.07) is 29.4. The third kappa shape index (κ3) is 6.26. The number of ketones is 4. The van der Waals surface area contributed by atoms with Crippen molar-refractivity contribution in [2.75, 3.05) is 0 Å². The van der Waals surface area contributed by atoms with Crippen molar-refractivity contribution in [1.29, 1.82) is 21.0 Å². The molecule has 0 spiro atoms. The average molecular weight is 861 g/mol. The lowest BCUT2D eigenvalue weighted by atomic mass is 9.84. The molecule has 4 aromatic carbocycles. The predicted molar refractivity (Wildman–Crippen MR) is 221 cm³/mol. The maximum Gasteiger partial charge on any atom is 0.336 e. The van der Waals surface area contributed by atoms with Crippen LogP contribution >= 0.6 is 22.7 Å². The number of rotatable bonds is 8. The van der Waals surface area contributed by atoms with Gasteiger partial charge < -0.3 is 9.47 Å². The fourth-order valence-electron chi connectivity index (χ4n) is 7.47. The number of Topliss-reactive ketones (excluding diaryl/α,β-unsaturated/α-hetero) is 4. The summed E-state index contributed by atoms with van der Waals surface area (Å²) in [7, 11) is 0. The molecular weight excluding hydrogens is 841 g/mol. The smallest absolute Gasteiger partial charge is 0.336 e. The summed E-state index contributed by atoms with van der Waals surface area (Å²) in [5.41, 5.74) is -3.04. The highest BCUT2D eigenvalue weighted by atomic mass is 32.1. The first-order valence-electron chi connectivity index (χ1n) is 18.6. The molecule has 3 aliphatic carbocycles. The number of esters is 2. The second-order valence-corrected chi connectivity index (χ2v) is 16.2. The summed E-state index contributed by atoms with van der Waals surface area (Å²) < 4.78 is 11.7. The number of nitrogens with zero attached hydrogens (tertiary/aromatic N) is 6. The van der Waals surface area contributed by atoms with E-state index in [1.54, 1.807) is 60.7 Å². The molecule has 0 atom stereocenters. The van der Waals surface area contributed by atoms with Crippen LogP contribution in [0.5, 0.6) is 0 Å². The van der Waals surface area contributed by atoms with Gasteiger partial charge in [-0.05, 0) is 47.5 Å². The Kier molecular flexibility index (Phi) is 9.66. The lowest BCUT2D eigenvalue weighted by Gasteiger charge is -2.24. The molecule has 14 nitrogen and oxygen atoms in total. The van der Waals surface area contributed by atoms with Crippen molar-refractivity contribution in [1.82, 2.24) is 9.97 Å².